The Labute approximate surface area is 101 Å². The van der Waals surface area contributed by atoms with Crippen LogP contribution in [0.15, 0.2) is 0 Å². The summed E-state index contributed by atoms with van der Waals surface area (Å²) >= 11 is 0. The van der Waals surface area contributed by atoms with Crippen LogP contribution in [-0.4, -0.2) is 29.6 Å². The maximum absolute atomic E-state index is 6.45. The quantitative estimate of drug-likeness (QED) is 0.742. The molecule has 1 heterocycles. The van der Waals surface area contributed by atoms with Crippen LogP contribution in [0.2, 0.25) is 0 Å². The Morgan fingerprint density at radius 3 is 2.56 bits per heavy atom. The van der Waals surface area contributed by atoms with Crippen LogP contribution >= 0.6 is 0 Å². The van der Waals surface area contributed by atoms with Gasteiger partial charge in [-0.25, -0.2) is 0 Å². The van der Waals surface area contributed by atoms with Gasteiger partial charge < -0.3 is 5.73 Å². The van der Waals surface area contributed by atoms with Gasteiger partial charge in [-0.2, -0.15) is 0 Å². The van der Waals surface area contributed by atoms with Gasteiger partial charge in [0.1, 0.15) is 0 Å². The summed E-state index contributed by atoms with van der Waals surface area (Å²) < 4.78 is 0. The van der Waals surface area contributed by atoms with Gasteiger partial charge in [0.15, 0.2) is 0 Å². The predicted octanol–water partition coefficient (Wildman–Crippen LogP) is 2.62. The minimum Gasteiger partial charge on any atom is -0.326 e. The maximum atomic E-state index is 6.45. The van der Waals surface area contributed by atoms with Crippen molar-refractivity contribution in [1.29, 1.82) is 0 Å². The number of rotatable bonds is 1. The highest BCUT2D eigenvalue weighted by Crippen LogP contribution is 2.50. The Morgan fingerprint density at radius 2 is 2.00 bits per heavy atom. The van der Waals surface area contributed by atoms with Gasteiger partial charge in [-0.05, 0) is 43.6 Å². The molecule has 16 heavy (non-hydrogen) atoms. The Balaban J connectivity index is 2.27. The SMILES string of the molecule is CCN1CCC(N)C12CC(C)CC(C)(C)C2. The summed E-state index contributed by atoms with van der Waals surface area (Å²) in [4.78, 5) is 2.66. The molecule has 2 nitrogen and oxygen atoms in total. The molecule has 2 fully saturated rings. The summed E-state index contributed by atoms with van der Waals surface area (Å²) in [6.07, 6.45) is 5.15. The van der Waals surface area contributed by atoms with E-state index in [0.29, 0.717) is 17.0 Å². The first-order valence-electron chi connectivity index (χ1n) is 6.90. The molecule has 1 spiro atoms. The molecule has 1 aliphatic carbocycles. The number of nitrogens with two attached hydrogens (primary N) is 1. The zero-order valence-corrected chi connectivity index (χ0v) is 11.4. The van der Waals surface area contributed by atoms with E-state index in [1.54, 1.807) is 0 Å². The fourth-order valence-corrected chi connectivity index (χ4v) is 4.61. The summed E-state index contributed by atoms with van der Waals surface area (Å²) in [6.45, 7) is 11.9. The molecule has 0 amide bonds. The molecule has 0 aromatic heterocycles. The summed E-state index contributed by atoms with van der Waals surface area (Å²) in [6, 6.07) is 0.398. The van der Waals surface area contributed by atoms with Crippen LogP contribution in [0.1, 0.15) is 53.4 Å². The van der Waals surface area contributed by atoms with E-state index in [9.17, 15) is 0 Å². The van der Waals surface area contributed by atoms with Crippen LogP contribution in [0.3, 0.4) is 0 Å². The molecule has 3 atom stereocenters. The number of hydrogen-bond acceptors (Lipinski definition) is 2. The van der Waals surface area contributed by atoms with E-state index >= 15 is 0 Å². The number of likely N-dealkylation sites (tertiary alicyclic amines) is 1. The summed E-state index contributed by atoms with van der Waals surface area (Å²) in [5.74, 6) is 0.821. The van der Waals surface area contributed by atoms with Crippen molar-refractivity contribution in [2.75, 3.05) is 13.1 Å². The lowest BCUT2D eigenvalue weighted by atomic mass is 9.62. The van der Waals surface area contributed by atoms with Crippen LogP contribution in [0.25, 0.3) is 0 Å². The van der Waals surface area contributed by atoms with Gasteiger partial charge in [0.05, 0.1) is 0 Å². The molecule has 0 aromatic rings. The van der Waals surface area contributed by atoms with Crippen molar-refractivity contribution in [3.8, 4) is 0 Å². The Hall–Kier alpha value is -0.0800. The molecule has 0 radical (unpaired) electrons. The molecule has 1 saturated heterocycles. The monoisotopic (exact) mass is 224 g/mol. The summed E-state index contributed by atoms with van der Waals surface area (Å²) in [7, 11) is 0. The van der Waals surface area contributed by atoms with Crippen molar-refractivity contribution in [1.82, 2.24) is 4.90 Å². The highest BCUT2D eigenvalue weighted by Gasteiger charge is 2.52. The second-order valence-electron chi connectivity index (χ2n) is 6.93. The fraction of sp³-hybridized carbons (Fsp3) is 1.00. The minimum absolute atomic E-state index is 0.315. The second-order valence-corrected chi connectivity index (χ2v) is 6.93. The second kappa shape index (κ2) is 3.99. The van der Waals surface area contributed by atoms with Gasteiger partial charge >= 0.3 is 0 Å². The first-order valence-corrected chi connectivity index (χ1v) is 6.90. The Bertz CT molecular complexity index is 261. The Morgan fingerprint density at radius 1 is 1.31 bits per heavy atom. The first kappa shape index (κ1) is 12.4. The summed E-state index contributed by atoms with van der Waals surface area (Å²) in [5.41, 5.74) is 7.23. The van der Waals surface area contributed by atoms with Gasteiger partial charge in [0.25, 0.3) is 0 Å². The zero-order chi connectivity index (χ0) is 12.0. The minimum atomic E-state index is 0.315. The third kappa shape index (κ3) is 1.91. The average molecular weight is 224 g/mol. The Kier molecular flexibility index (Phi) is 3.09. The van der Waals surface area contributed by atoms with Crippen LogP contribution in [0.4, 0.5) is 0 Å². The van der Waals surface area contributed by atoms with Crippen LogP contribution in [0.5, 0.6) is 0 Å². The molecule has 2 rings (SSSR count). The number of hydrogen-bond donors (Lipinski definition) is 1. The molecule has 94 valence electrons. The molecular weight excluding hydrogens is 196 g/mol. The lowest BCUT2D eigenvalue weighted by Gasteiger charge is -2.52. The molecule has 3 unspecified atom stereocenters. The normalized spacial score (nSPS) is 44.1. The van der Waals surface area contributed by atoms with Crippen molar-refractivity contribution in [2.24, 2.45) is 17.1 Å². The third-order valence-corrected chi connectivity index (χ3v) is 4.80. The zero-order valence-electron chi connectivity index (χ0n) is 11.4. The lowest BCUT2D eigenvalue weighted by Crippen LogP contribution is -2.58. The van der Waals surface area contributed by atoms with Crippen LogP contribution in [0, 0.1) is 11.3 Å². The molecule has 1 saturated carbocycles. The number of likely N-dealkylation sites (N-methyl/N-ethyl adjacent to an activating group) is 1. The first-order chi connectivity index (χ1) is 7.39. The standard InChI is InChI=1S/C14H28N2/c1-5-16-7-6-12(15)14(16)9-11(2)8-13(3,4)10-14/h11-12H,5-10,15H2,1-4H3. The van der Waals surface area contributed by atoms with E-state index in [4.69, 9.17) is 5.73 Å². The van der Waals surface area contributed by atoms with E-state index in [0.717, 1.165) is 12.5 Å². The highest BCUT2D eigenvalue weighted by atomic mass is 15.2. The average Bonchev–Trinajstić information content (AvgIpc) is 2.40. The highest BCUT2D eigenvalue weighted by molar-refractivity contribution is 5.09. The van der Waals surface area contributed by atoms with Gasteiger partial charge in [-0.1, -0.05) is 27.7 Å². The summed E-state index contributed by atoms with van der Waals surface area (Å²) in [5, 5.41) is 0. The van der Waals surface area contributed by atoms with Crippen LogP contribution < -0.4 is 5.73 Å². The van der Waals surface area contributed by atoms with Gasteiger partial charge in [0.2, 0.25) is 0 Å². The van der Waals surface area contributed by atoms with Gasteiger partial charge in [-0.15, -0.1) is 0 Å². The molecule has 0 aromatic carbocycles. The predicted molar refractivity (Wildman–Crippen MR) is 69.4 cm³/mol. The lowest BCUT2D eigenvalue weighted by molar-refractivity contribution is 0.00429. The van der Waals surface area contributed by atoms with Gasteiger partial charge in [0, 0.05) is 18.1 Å². The van der Waals surface area contributed by atoms with Crippen LogP contribution in [-0.2, 0) is 0 Å². The molecule has 2 aliphatic rings. The fourth-order valence-electron chi connectivity index (χ4n) is 4.61. The van der Waals surface area contributed by atoms with E-state index in [-0.39, 0.29) is 0 Å². The molecular formula is C14H28N2. The topological polar surface area (TPSA) is 29.3 Å². The van der Waals surface area contributed by atoms with Crippen molar-refractivity contribution in [3.63, 3.8) is 0 Å². The van der Waals surface area contributed by atoms with Gasteiger partial charge in [-0.3, -0.25) is 4.90 Å². The molecule has 1 aliphatic heterocycles. The van der Waals surface area contributed by atoms with Crippen molar-refractivity contribution >= 4 is 0 Å². The van der Waals surface area contributed by atoms with E-state index in [1.165, 1.54) is 32.2 Å². The third-order valence-electron chi connectivity index (χ3n) is 4.80. The maximum Gasteiger partial charge on any atom is 0.0368 e. The molecule has 2 heteroatoms. The number of nitrogens with zero attached hydrogens (tertiary/aromatic N) is 1. The van der Waals surface area contributed by atoms with Crippen molar-refractivity contribution < 1.29 is 0 Å². The largest absolute Gasteiger partial charge is 0.326 e. The van der Waals surface area contributed by atoms with Crippen molar-refractivity contribution in [2.45, 2.75) is 65.0 Å². The van der Waals surface area contributed by atoms with Crippen molar-refractivity contribution in [3.05, 3.63) is 0 Å². The van der Waals surface area contributed by atoms with E-state index < -0.39 is 0 Å². The van der Waals surface area contributed by atoms with E-state index in [1.807, 2.05) is 0 Å². The molecule has 2 N–H and O–H groups in total. The van der Waals surface area contributed by atoms with E-state index in [2.05, 4.69) is 32.6 Å². The smallest absolute Gasteiger partial charge is 0.0368 e. The molecule has 0 bridgehead atoms.